The molecule has 1 atom stereocenters. The van der Waals surface area contributed by atoms with Crippen LogP contribution in [-0.4, -0.2) is 5.11 Å². The van der Waals surface area contributed by atoms with Gasteiger partial charge >= 0.3 is 0 Å². The Bertz CT molecular complexity index is 586. The number of benzene rings is 1. The lowest BCUT2D eigenvalue weighted by Gasteiger charge is -2.20. The van der Waals surface area contributed by atoms with Crippen LogP contribution in [0.1, 0.15) is 67.2 Å². The number of hydrogen-bond acceptors (Lipinski definition) is 2. The molecule has 108 valence electrons. The van der Waals surface area contributed by atoms with Crippen molar-refractivity contribution in [1.82, 2.24) is 0 Å². The minimum atomic E-state index is -0.638. The van der Waals surface area contributed by atoms with Crippen LogP contribution in [0.2, 0.25) is 5.02 Å². The van der Waals surface area contributed by atoms with E-state index in [1.54, 1.807) is 0 Å². The summed E-state index contributed by atoms with van der Waals surface area (Å²) in [6.07, 6.45) is -0.638. The Morgan fingerprint density at radius 2 is 1.70 bits per heavy atom. The lowest BCUT2D eigenvalue weighted by molar-refractivity contribution is 0.222. The van der Waals surface area contributed by atoms with Crippen LogP contribution in [-0.2, 0) is 0 Å². The molecule has 1 aromatic heterocycles. The van der Waals surface area contributed by atoms with Crippen molar-refractivity contribution in [2.24, 2.45) is 0 Å². The van der Waals surface area contributed by atoms with Crippen molar-refractivity contribution in [3.63, 3.8) is 0 Å². The topological polar surface area (TPSA) is 20.2 Å². The zero-order valence-corrected chi connectivity index (χ0v) is 13.9. The van der Waals surface area contributed by atoms with E-state index in [0.717, 1.165) is 10.4 Å². The Morgan fingerprint density at radius 1 is 1.00 bits per heavy atom. The molecule has 1 N–H and O–H groups in total. The molecule has 1 heterocycles. The summed E-state index contributed by atoms with van der Waals surface area (Å²) >= 11 is 7.65. The molecular weight excluding hydrogens is 288 g/mol. The predicted octanol–water partition coefficient (Wildman–Crippen LogP) is 5.73. The van der Waals surface area contributed by atoms with Crippen molar-refractivity contribution in [2.75, 3.05) is 0 Å². The molecule has 20 heavy (non-hydrogen) atoms. The first-order valence-corrected chi connectivity index (χ1v) is 8.22. The molecule has 0 spiro atoms. The van der Waals surface area contributed by atoms with Crippen LogP contribution in [0.4, 0.5) is 0 Å². The molecule has 1 aromatic carbocycles. The molecule has 1 unspecified atom stereocenters. The van der Waals surface area contributed by atoms with Crippen molar-refractivity contribution >= 4 is 22.9 Å². The van der Waals surface area contributed by atoms with Crippen molar-refractivity contribution < 1.29 is 5.11 Å². The van der Waals surface area contributed by atoms with E-state index < -0.39 is 6.10 Å². The van der Waals surface area contributed by atoms with Gasteiger partial charge < -0.3 is 5.11 Å². The summed E-state index contributed by atoms with van der Waals surface area (Å²) in [5, 5.41) is 13.2. The number of aliphatic hydroxyl groups excluding tert-OH is 1. The second-order valence-corrected chi connectivity index (χ2v) is 7.09. The summed E-state index contributed by atoms with van der Waals surface area (Å²) in [6, 6.07) is 8.21. The average molecular weight is 309 g/mol. The second-order valence-electron chi connectivity index (χ2n) is 5.73. The maximum Gasteiger partial charge on any atom is 0.115 e. The summed E-state index contributed by atoms with van der Waals surface area (Å²) in [6.45, 7) is 8.69. The van der Waals surface area contributed by atoms with Gasteiger partial charge in [0.2, 0.25) is 0 Å². The number of hydrogen-bond donors (Lipinski definition) is 1. The Morgan fingerprint density at radius 3 is 2.20 bits per heavy atom. The third-order valence-corrected chi connectivity index (χ3v) is 5.00. The third kappa shape index (κ3) is 3.08. The SMILES string of the molecule is CC(C)c1ccc(C(O)c2sccc2Cl)c(C(C)C)c1. The standard InChI is InChI=1S/C17H21ClOS/c1-10(2)12-5-6-13(14(9-12)11(3)4)16(19)17-15(18)7-8-20-17/h5-11,16,19H,1-4H3. The molecule has 0 bridgehead atoms. The number of halogens is 1. The van der Waals surface area contributed by atoms with Crippen LogP contribution in [0, 0.1) is 0 Å². The van der Waals surface area contributed by atoms with Gasteiger partial charge in [0.1, 0.15) is 6.10 Å². The highest BCUT2D eigenvalue weighted by molar-refractivity contribution is 7.10. The molecule has 3 heteroatoms. The number of aliphatic hydroxyl groups is 1. The molecule has 0 aliphatic heterocycles. The third-order valence-electron chi connectivity index (χ3n) is 3.59. The lowest BCUT2D eigenvalue weighted by Crippen LogP contribution is -2.05. The van der Waals surface area contributed by atoms with Crippen molar-refractivity contribution in [2.45, 2.75) is 45.6 Å². The maximum absolute atomic E-state index is 10.6. The van der Waals surface area contributed by atoms with E-state index in [2.05, 4.69) is 39.8 Å². The first-order chi connectivity index (χ1) is 9.41. The molecular formula is C17H21ClOS. The Balaban J connectivity index is 2.48. The van der Waals surface area contributed by atoms with Gasteiger partial charge in [0, 0.05) is 0 Å². The van der Waals surface area contributed by atoms with Gasteiger partial charge in [-0.2, -0.15) is 0 Å². The van der Waals surface area contributed by atoms with Gasteiger partial charge in [0.05, 0.1) is 9.90 Å². The van der Waals surface area contributed by atoms with Gasteiger partial charge in [-0.15, -0.1) is 11.3 Å². The zero-order chi connectivity index (χ0) is 14.9. The molecule has 0 radical (unpaired) electrons. The van der Waals surface area contributed by atoms with Crippen LogP contribution < -0.4 is 0 Å². The summed E-state index contributed by atoms with van der Waals surface area (Å²) in [4.78, 5) is 0.825. The predicted molar refractivity (Wildman–Crippen MR) is 88.0 cm³/mol. The maximum atomic E-state index is 10.6. The molecule has 0 saturated heterocycles. The molecule has 0 aliphatic carbocycles. The monoisotopic (exact) mass is 308 g/mol. The Hall–Kier alpha value is -0.830. The van der Waals surface area contributed by atoms with Crippen molar-refractivity contribution in [3.8, 4) is 0 Å². The van der Waals surface area contributed by atoms with E-state index in [0.29, 0.717) is 16.9 Å². The first-order valence-electron chi connectivity index (χ1n) is 6.96. The van der Waals surface area contributed by atoms with E-state index >= 15 is 0 Å². The summed E-state index contributed by atoms with van der Waals surface area (Å²) in [7, 11) is 0. The van der Waals surface area contributed by atoms with Gasteiger partial charge in [-0.05, 0) is 40.0 Å². The van der Waals surface area contributed by atoms with E-state index in [9.17, 15) is 5.11 Å². The van der Waals surface area contributed by atoms with Crippen LogP contribution in [0.3, 0.4) is 0 Å². The van der Waals surface area contributed by atoms with Crippen LogP contribution in [0.5, 0.6) is 0 Å². The van der Waals surface area contributed by atoms with Gasteiger partial charge in [-0.3, -0.25) is 0 Å². The van der Waals surface area contributed by atoms with Gasteiger partial charge in [-0.25, -0.2) is 0 Å². The molecule has 2 aromatic rings. The Kier molecular flexibility index (Phi) is 4.90. The summed E-state index contributed by atoms with van der Waals surface area (Å²) in [5.41, 5.74) is 3.48. The minimum Gasteiger partial charge on any atom is -0.383 e. The van der Waals surface area contributed by atoms with Gasteiger partial charge in [0.25, 0.3) is 0 Å². The number of thiophene rings is 1. The Labute approximate surface area is 130 Å². The molecule has 0 fully saturated rings. The highest BCUT2D eigenvalue weighted by atomic mass is 35.5. The highest BCUT2D eigenvalue weighted by Gasteiger charge is 2.20. The first kappa shape index (κ1) is 15.6. The lowest BCUT2D eigenvalue weighted by atomic mass is 9.89. The van der Waals surface area contributed by atoms with Crippen LogP contribution in [0.25, 0.3) is 0 Å². The number of rotatable bonds is 4. The van der Waals surface area contributed by atoms with E-state index in [1.807, 2.05) is 17.5 Å². The van der Waals surface area contributed by atoms with E-state index in [4.69, 9.17) is 11.6 Å². The largest absolute Gasteiger partial charge is 0.383 e. The summed E-state index contributed by atoms with van der Waals surface area (Å²) in [5.74, 6) is 0.862. The minimum absolute atomic E-state index is 0.372. The van der Waals surface area contributed by atoms with Gasteiger partial charge in [-0.1, -0.05) is 57.5 Å². The quantitative estimate of drug-likeness (QED) is 0.764. The average Bonchev–Trinajstić information content (AvgIpc) is 2.83. The molecule has 0 saturated carbocycles. The fraction of sp³-hybridized carbons (Fsp3) is 0.412. The summed E-state index contributed by atoms with van der Waals surface area (Å²) < 4.78 is 0. The zero-order valence-electron chi connectivity index (χ0n) is 12.4. The second kappa shape index (κ2) is 6.30. The van der Waals surface area contributed by atoms with Gasteiger partial charge in [0.15, 0.2) is 0 Å². The van der Waals surface area contributed by atoms with E-state index in [-0.39, 0.29) is 0 Å². The fourth-order valence-corrected chi connectivity index (χ4v) is 3.51. The van der Waals surface area contributed by atoms with E-state index in [1.165, 1.54) is 22.5 Å². The van der Waals surface area contributed by atoms with Crippen LogP contribution in [0.15, 0.2) is 29.6 Å². The molecule has 2 rings (SSSR count). The fourth-order valence-electron chi connectivity index (χ4n) is 2.34. The normalized spacial score (nSPS) is 13.2. The molecule has 0 aliphatic rings. The molecule has 0 amide bonds. The van der Waals surface area contributed by atoms with Crippen molar-refractivity contribution in [3.05, 3.63) is 56.2 Å². The van der Waals surface area contributed by atoms with Crippen LogP contribution >= 0.6 is 22.9 Å². The molecule has 1 nitrogen and oxygen atoms in total. The highest BCUT2D eigenvalue weighted by Crippen LogP contribution is 2.37. The smallest absolute Gasteiger partial charge is 0.115 e. The van der Waals surface area contributed by atoms with Crippen molar-refractivity contribution in [1.29, 1.82) is 0 Å².